The third-order valence-electron chi connectivity index (χ3n) is 0.410. The monoisotopic (exact) mass is 360 g/mol. The van der Waals surface area contributed by atoms with Gasteiger partial charge in [-0.25, -0.2) is 8.88 Å². The van der Waals surface area contributed by atoms with Crippen molar-refractivity contribution < 1.29 is 146 Å². The Kier molecular flexibility index (Phi) is 29.1. The van der Waals surface area contributed by atoms with Crippen molar-refractivity contribution >= 4 is 23.5 Å². The SMILES string of the molecule is O.O.O=P([O-])([O-])OP(=O)(O)OP(=O)([O-])O.[Na+].[Na+].[Na+]. The fourth-order valence-corrected chi connectivity index (χ4v) is 2.71. The Morgan fingerprint density at radius 1 is 0.778 bits per heavy atom. The van der Waals surface area contributed by atoms with Crippen molar-refractivity contribution in [3.63, 3.8) is 0 Å². The van der Waals surface area contributed by atoms with Gasteiger partial charge in [0.1, 0.15) is 0 Å². The molecular weight excluding hydrogens is 354 g/mol. The molecular formula is H6Na3O12P3. The third kappa shape index (κ3) is 27.6. The van der Waals surface area contributed by atoms with Gasteiger partial charge in [0.05, 0.1) is 7.82 Å². The van der Waals surface area contributed by atoms with Gasteiger partial charge in [-0.15, -0.1) is 0 Å². The molecule has 0 saturated heterocycles. The summed E-state index contributed by atoms with van der Waals surface area (Å²) in [4.78, 5) is 45.2. The standard InChI is InChI=1S/3Na.H5O10P3.2H2O/c;;;1-11(2,3)9-13(7,8)10-12(4,5)6;;/h;;;(H,7,8)(H2,1,2,3)(H2,4,5,6);2*1H2/q3*+1;;;/p-3. The van der Waals surface area contributed by atoms with E-state index >= 15 is 0 Å². The van der Waals surface area contributed by atoms with E-state index in [2.05, 4.69) is 8.62 Å². The van der Waals surface area contributed by atoms with Gasteiger partial charge in [0.2, 0.25) is 0 Å². The Bertz CT molecular complexity index is 285. The number of rotatable bonds is 4. The molecule has 0 rings (SSSR count). The fourth-order valence-electron chi connectivity index (χ4n) is 0.272. The first-order valence-electron chi connectivity index (χ1n) is 2.23. The zero-order chi connectivity index (χ0) is 10.9. The molecule has 0 saturated carbocycles. The minimum Gasteiger partial charge on any atom is -0.789 e. The first-order chi connectivity index (χ1) is 5.41. The maximum absolute atomic E-state index is 10.3. The van der Waals surface area contributed by atoms with Gasteiger partial charge in [0.25, 0.3) is 7.82 Å². The van der Waals surface area contributed by atoms with E-state index in [-0.39, 0.29) is 99.6 Å². The molecule has 0 fully saturated rings. The van der Waals surface area contributed by atoms with Crippen LogP contribution >= 0.6 is 23.5 Å². The van der Waals surface area contributed by atoms with Gasteiger partial charge in [0, 0.05) is 0 Å². The van der Waals surface area contributed by atoms with Gasteiger partial charge in [-0.2, -0.15) is 0 Å². The molecule has 0 aromatic heterocycles. The summed E-state index contributed by atoms with van der Waals surface area (Å²) in [5, 5.41) is 0. The Morgan fingerprint density at radius 2 is 1.06 bits per heavy atom. The van der Waals surface area contributed by atoms with Crippen LogP contribution < -0.4 is 103 Å². The predicted molar refractivity (Wildman–Crippen MR) is 36.7 cm³/mol. The predicted octanol–water partition coefficient (Wildman–Crippen LogP) is -13.2. The molecule has 6 N–H and O–H groups in total. The summed E-state index contributed by atoms with van der Waals surface area (Å²) in [5.74, 6) is 0. The Labute approximate surface area is 167 Å². The van der Waals surface area contributed by atoms with Crippen molar-refractivity contribution in [2.24, 2.45) is 0 Å². The van der Waals surface area contributed by atoms with E-state index in [0.717, 1.165) is 0 Å². The average molecular weight is 360 g/mol. The summed E-state index contributed by atoms with van der Waals surface area (Å²) in [7, 11) is -17.2. The Hall–Kier alpha value is 3.33. The van der Waals surface area contributed by atoms with E-state index in [1.807, 2.05) is 0 Å². The second kappa shape index (κ2) is 14.0. The first kappa shape index (κ1) is 37.5. The number of phosphoric acid groups is 3. The maximum atomic E-state index is 10.3. The van der Waals surface area contributed by atoms with Crippen molar-refractivity contribution in [3.8, 4) is 0 Å². The van der Waals surface area contributed by atoms with Gasteiger partial charge >= 0.3 is 96.5 Å². The van der Waals surface area contributed by atoms with Crippen molar-refractivity contribution in [3.05, 3.63) is 0 Å². The van der Waals surface area contributed by atoms with E-state index in [1.54, 1.807) is 0 Å². The fraction of sp³-hybridized carbons (Fsp3) is 0. The van der Waals surface area contributed by atoms with Crippen LogP contribution in [0.25, 0.3) is 0 Å². The van der Waals surface area contributed by atoms with E-state index in [0.29, 0.717) is 0 Å². The summed E-state index contributed by atoms with van der Waals surface area (Å²) in [6.07, 6.45) is 0. The third-order valence-corrected chi connectivity index (χ3v) is 3.69. The zero-order valence-electron chi connectivity index (χ0n) is 9.50. The van der Waals surface area contributed by atoms with Crippen molar-refractivity contribution in [2.75, 3.05) is 0 Å². The summed E-state index contributed by atoms with van der Waals surface area (Å²) < 4.78 is 35.4. The van der Waals surface area contributed by atoms with Crippen molar-refractivity contribution in [1.29, 1.82) is 0 Å². The van der Waals surface area contributed by atoms with Crippen molar-refractivity contribution in [1.82, 2.24) is 0 Å². The van der Waals surface area contributed by atoms with Gasteiger partial charge < -0.3 is 40.0 Å². The van der Waals surface area contributed by atoms with E-state index in [4.69, 9.17) is 9.79 Å². The van der Waals surface area contributed by atoms with Gasteiger partial charge in [-0.3, -0.25) is 8.88 Å². The molecule has 12 nitrogen and oxygen atoms in total. The molecule has 2 unspecified atom stereocenters. The van der Waals surface area contributed by atoms with Gasteiger partial charge in [-0.05, 0) is 0 Å². The van der Waals surface area contributed by atoms with Crippen LogP contribution in [0.3, 0.4) is 0 Å². The molecule has 0 aliphatic rings. The van der Waals surface area contributed by atoms with E-state index < -0.39 is 23.5 Å². The smallest absolute Gasteiger partial charge is 0.789 e. The first-order valence-corrected chi connectivity index (χ1v) is 6.68. The van der Waals surface area contributed by atoms with Crippen LogP contribution in [0.1, 0.15) is 0 Å². The molecule has 18 heavy (non-hydrogen) atoms. The van der Waals surface area contributed by atoms with Crippen LogP contribution in [0.4, 0.5) is 0 Å². The molecule has 2 atom stereocenters. The second-order valence-electron chi connectivity index (χ2n) is 1.55. The summed E-state index contributed by atoms with van der Waals surface area (Å²) in [6, 6.07) is 0. The molecule has 0 bridgehead atoms. The molecule has 0 heterocycles. The summed E-state index contributed by atoms with van der Waals surface area (Å²) in [6.45, 7) is 0. The maximum Gasteiger partial charge on any atom is 1.00 e. The molecule has 0 aliphatic heterocycles. The summed E-state index contributed by atoms with van der Waals surface area (Å²) in [5.41, 5.74) is 0. The molecule has 0 amide bonds. The number of hydrogen-bond donors (Lipinski definition) is 2. The largest absolute Gasteiger partial charge is 1.00 e. The molecule has 0 aromatic carbocycles. The second-order valence-corrected chi connectivity index (χ2v) is 5.62. The normalized spacial score (nSPS) is 15.8. The van der Waals surface area contributed by atoms with Crippen LogP contribution in [0.5, 0.6) is 0 Å². The number of hydrogen-bond acceptors (Lipinski definition) is 8. The summed E-state index contributed by atoms with van der Waals surface area (Å²) >= 11 is 0. The molecule has 0 aromatic rings. The van der Waals surface area contributed by atoms with Gasteiger partial charge in [0.15, 0.2) is 0 Å². The molecule has 96 valence electrons. The Morgan fingerprint density at radius 3 is 1.22 bits per heavy atom. The Balaban J connectivity index is -0.0000000720. The zero-order valence-corrected chi connectivity index (χ0v) is 18.2. The average Bonchev–Trinajstić information content (AvgIpc) is 1.43. The molecule has 0 spiro atoms. The topological polar surface area (TPSA) is 242 Å². The van der Waals surface area contributed by atoms with Crippen LogP contribution in [0.2, 0.25) is 0 Å². The van der Waals surface area contributed by atoms with Gasteiger partial charge in [-0.1, -0.05) is 0 Å². The van der Waals surface area contributed by atoms with Crippen LogP contribution in [0, 0.1) is 0 Å². The quantitative estimate of drug-likeness (QED) is 0.354. The molecule has 0 radical (unpaired) electrons. The van der Waals surface area contributed by atoms with Crippen LogP contribution in [-0.2, 0) is 22.3 Å². The minimum absolute atomic E-state index is 0. The van der Waals surface area contributed by atoms with Crippen molar-refractivity contribution in [2.45, 2.75) is 0 Å². The molecule has 0 aliphatic carbocycles. The van der Waals surface area contributed by atoms with Crippen LogP contribution in [0.15, 0.2) is 0 Å². The van der Waals surface area contributed by atoms with Crippen LogP contribution in [-0.4, -0.2) is 20.7 Å². The minimum atomic E-state index is -5.88. The molecule has 18 heteroatoms. The van der Waals surface area contributed by atoms with E-state index in [9.17, 15) is 28.4 Å². The van der Waals surface area contributed by atoms with E-state index in [1.165, 1.54) is 0 Å².